The van der Waals surface area contributed by atoms with Crippen LogP contribution >= 0.6 is 0 Å². The van der Waals surface area contributed by atoms with Crippen molar-refractivity contribution in [3.05, 3.63) is 100 Å². The van der Waals surface area contributed by atoms with Crippen LogP contribution in [0.4, 0.5) is 0 Å². The number of phenolic OH excluding ortho intramolecular Hbond substituents is 1. The largest absolute Gasteiger partial charge is 0.504 e. The van der Waals surface area contributed by atoms with Gasteiger partial charge in [0, 0.05) is 48.3 Å². The normalized spacial score (nSPS) is 27.0. The van der Waals surface area contributed by atoms with Gasteiger partial charge in [-0.25, -0.2) is 0 Å². The number of fused-ring (bicyclic) bond motifs is 3. The van der Waals surface area contributed by atoms with Crippen molar-refractivity contribution in [2.24, 2.45) is 23.7 Å². The summed E-state index contributed by atoms with van der Waals surface area (Å²) in [5.74, 6) is -2.10. The van der Waals surface area contributed by atoms with E-state index in [1.54, 1.807) is 30.0 Å². The molecule has 2 aromatic rings. The summed E-state index contributed by atoms with van der Waals surface area (Å²) in [5.41, 5.74) is 4.24. The number of Topliss-reactive ketones (excluding diaryl/α,β-unsaturated/α-hetero) is 1. The molecule has 8 nitrogen and oxygen atoms in total. The summed E-state index contributed by atoms with van der Waals surface area (Å²) < 4.78 is 5.27. The van der Waals surface area contributed by atoms with Gasteiger partial charge in [0.25, 0.3) is 0 Å². The van der Waals surface area contributed by atoms with Gasteiger partial charge in [0.05, 0.1) is 18.9 Å². The average Bonchev–Trinajstić information content (AvgIpc) is 3.32. The van der Waals surface area contributed by atoms with Crippen molar-refractivity contribution in [3.63, 3.8) is 0 Å². The Bertz CT molecular complexity index is 1740. The maximum absolute atomic E-state index is 14.3. The van der Waals surface area contributed by atoms with Crippen LogP contribution < -0.4 is 4.74 Å². The lowest BCUT2D eigenvalue weighted by atomic mass is 9.60. The summed E-state index contributed by atoms with van der Waals surface area (Å²) in [6, 6.07) is 15.2. The van der Waals surface area contributed by atoms with Crippen molar-refractivity contribution >= 4 is 29.5 Å². The third-order valence-electron chi connectivity index (χ3n) is 10.5. The Labute approximate surface area is 268 Å². The fraction of sp³-hybridized carbons (Fsp3) is 0.368. The summed E-state index contributed by atoms with van der Waals surface area (Å²) in [7, 11) is 1.48. The molecule has 4 atom stereocenters. The number of imide groups is 1. The highest BCUT2D eigenvalue weighted by Crippen LogP contribution is 2.53. The molecule has 0 saturated carbocycles. The van der Waals surface area contributed by atoms with Crippen LogP contribution in [-0.2, 0) is 25.7 Å². The summed E-state index contributed by atoms with van der Waals surface area (Å²) >= 11 is 0. The molecule has 0 radical (unpaired) electrons. The predicted octanol–water partition coefficient (Wildman–Crippen LogP) is 5.04. The average molecular weight is 619 g/mol. The van der Waals surface area contributed by atoms with Crippen LogP contribution in [0, 0.1) is 23.7 Å². The van der Waals surface area contributed by atoms with Gasteiger partial charge in [-0.2, -0.15) is 0 Å². The van der Waals surface area contributed by atoms with Crippen LogP contribution in [-0.4, -0.2) is 64.5 Å². The molecular formula is C38H38N2O6. The summed E-state index contributed by atoms with van der Waals surface area (Å²) in [4.78, 5) is 59.0. The second-order valence-electron chi connectivity index (χ2n) is 13.1. The van der Waals surface area contributed by atoms with Gasteiger partial charge < -0.3 is 9.84 Å². The molecule has 5 aliphatic rings. The molecule has 7 rings (SSSR count). The topological polar surface area (TPSA) is 104 Å². The number of ether oxygens (including phenoxy) is 1. The van der Waals surface area contributed by atoms with E-state index in [-0.39, 0.29) is 47.5 Å². The molecule has 0 bridgehead atoms. The zero-order valence-corrected chi connectivity index (χ0v) is 26.1. The molecule has 2 aromatic carbocycles. The molecule has 3 aliphatic carbocycles. The number of nitrogens with zero attached hydrogens (tertiary/aromatic N) is 2. The quantitative estimate of drug-likeness (QED) is 0.275. The Morgan fingerprint density at radius 2 is 1.74 bits per heavy atom. The van der Waals surface area contributed by atoms with Crippen molar-refractivity contribution < 1.29 is 29.0 Å². The van der Waals surface area contributed by atoms with Crippen LogP contribution in [0.5, 0.6) is 11.5 Å². The Balaban J connectivity index is 1.16. The van der Waals surface area contributed by atoms with E-state index in [9.17, 15) is 24.3 Å². The van der Waals surface area contributed by atoms with Crippen LogP contribution in [0.15, 0.2) is 89.1 Å². The monoisotopic (exact) mass is 618 g/mol. The number of hydrogen-bond donors (Lipinski definition) is 1. The molecule has 4 unspecified atom stereocenters. The number of benzene rings is 2. The second kappa shape index (κ2) is 12.0. The number of methoxy groups -OCH3 is 1. The molecule has 2 amide bonds. The lowest BCUT2D eigenvalue weighted by Gasteiger charge is -2.41. The van der Waals surface area contributed by atoms with Gasteiger partial charge in [-0.05, 0) is 67.9 Å². The maximum atomic E-state index is 14.3. The van der Waals surface area contributed by atoms with Crippen LogP contribution in [0.1, 0.15) is 43.7 Å². The number of hydrogen-bond acceptors (Lipinski definition) is 7. The highest BCUT2D eigenvalue weighted by Gasteiger charge is 2.57. The number of piperidine rings is 1. The number of likely N-dealkylation sites (tertiary alicyclic amines) is 2. The number of carbonyl (C=O) groups is 4. The number of rotatable bonds is 6. The Hall–Kier alpha value is -4.56. The van der Waals surface area contributed by atoms with E-state index in [0.717, 1.165) is 43.6 Å². The third kappa shape index (κ3) is 5.14. The van der Waals surface area contributed by atoms with E-state index in [2.05, 4.69) is 17.0 Å². The zero-order chi connectivity index (χ0) is 32.1. The molecule has 2 aliphatic heterocycles. The number of carbonyl (C=O) groups excluding carboxylic acids is 4. The van der Waals surface area contributed by atoms with Gasteiger partial charge >= 0.3 is 0 Å². The van der Waals surface area contributed by atoms with Gasteiger partial charge in [0.15, 0.2) is 23.1 Å². The number of aromatic hydroxyl groups is 1. The first-order valence-corrected chi connectivity index (χ1v) is 16.1. The van der Waals surface area contributed by atoms with E-state index in [1.165, 1.54) is 18.7 Å². The summed E-state index contributed by atoms with van der Waals surface area (Å²) in [5, 5.41) is 10.1. The highest BCUT2D eigenvalue weighted by atomic mass is 16.5. The predicted molar refractivity (Wildman–Crippen MR) is 172 cm³/mol. The molecule has 2 fully saturated rings. The molecule has 2 heterocycles. The Morgan fingerprint density at radius 3 is 2.48 bits per heavy atom. The van der Waals surface area contributed by atoms with Crippen molar-refractivity contribution in [3.8, 4) is 11.5 Å². The molecule has 46 heavy (non-hydrogen) atoms. The number of allylic oxidation sites excluding steroid dienone is 7. The minimum atomic E-state index is -0.553. The Morgan fingerprint density at radius 1 is 0.978 bits per heavy atom. The Kier molecular flexibility index (Phi) is 7.85. The van der Waals surface area contributed by atoms with Crippen LogP contribution in [0.2, 0.25) is 0 Å². The molecular weight excluding hydrogens is 580 g/mol. The first-order chi connectivity index (χ1) is 22.2. The van der Waals surface area contributed by atoms with Gasteiger partial charge in [0.1, 0.15) is 0 Å². The third-order valence-corrected chi connectivity index (χ3v) is 10.5. The molecule has 0 aromatic heterocycles. The van der Waals surface area contributed by atoms with E-state index >= 15 is 0 Å². The number of phenols is 1. The lowest BCUT2D eigenvalue weighted by Crippen LogP contribution is -2.47. The van der Waals surface area contributed by atoms with E-state index in [4.69, 9.17) is 4.74 Å². The molecule has 2 saturated heterocycles. The van der Waals surface area contributed by atoms with Crippen molar-refractivity contribution in [1.29, 1.82) is 0 Å². The smallest absolute Gasteiger partial charge is 0.233 e. The van der Waals surface area contributed by atoms with Gasteiger partial charge in [-0.3, -0.25) is 29.0 Å². The molecule has 1 N–H and O–H groups in total. The highest BCUT2D eigenvalue weighted by molar-refractivity contribution is 6.23. The lowest BCUT2D eigenvalue weighted by molar-refractivity contribution is -0.144. The fourth-order valence-corrected chi connectivity index (χ4v) is 8.23. The zero-order valence-electron chi connectivity index (χ0n) is 26.1. The minimum absolute atomic E-state index is 0.0212. The van der Waals surface area contributed by atoms with Gasteiger partial charge in [0.2, 0.25) is 11.8 Å². The van der Waals surface area contributed by atoms with Crippen LogP contribution in [0.3, 0.4) is 0 Å². The van der Waals surface area contributed by atoms with E-state index in [0.29, 0.717) is 28.9 Å². The molecule has 0 spiro atoms. The number of ketones is 2. The van der Waals surface area contributed by atoms with Crippen molar-refractivity contribution in [1.82, 2.24) is 9.80 Å². The standard InChI is InChI=1S/C38H38N2O6/c1-22-18-32(42)34-27(10-8-23-9-13-31(41)33(19-23)46-2)26-11-12-28-35(29(26)20-30(34)36(22)43)38(45)40(37(28)44)25-14-16-39(17-15-25)21-24-6-4-3-5-7-24/h3-11,13,18-19,25,27-29,35,41H,12,14-17,20-21H2,1-2H3. The van der Waals surface area contributed by atoms with E-state index < -0.39 is 17.8 Å². The fourth-order valence-electron chi connectivity index (χ4n) is 8.23. The van der Waals surface area contributed by atoms with Gasteiger partial charge in [-0.15, -0.1) is 0 Å². The van der Waals surface area contributed by atoms with Crippen LogP contribution in [0.25, 0.3) is 6.08 Å². The first-order valence-electron chi connectivity index (χ1n) is 16.1. The summed E-state index contributed by atoms with van der Waals surface area (Å²) in [6.07, 6.45) is 9.40. The molecule has 8 heteroatoms. The minimum Gasteiger partial charge on any atom is -0.504 e. The van der Waals surface area contributed by atoms with E-state index in [1.807, 2.05) is 36.4 Å². The maximum Gasteiger partial charge on any atom is 0.233 e. The second-order valence-corrected chi connectivity index (χ2v) is 13.1. The van der Waals surface area contributed by atoms with Crippen molar-refractivity contribution in [2.45, 2.75) is 45.2 Å². The summed E-state index contributed by atoms with van der Waals surface area (Å²) in [6.45, 7) is 4.13. The first kappa shape index (κ1) is 30.1. The molecule has 236 valence electrons. The SMILES string of the molecule is COc1cc(C=CC2C3=CCC4C(=O)N(C5CCN(Cc6ccccc6)CC5)C(=O)C4C3CC3=C2C(=O)C=C(C)C3=O)ccc1O. The number of amides is 2. The van der Waals surface area contributed by atoms with Gasteiger partial charge in [-0.1, -0.05) is 60.2 Å². The van der Waals surface area contributed by atoms with Crippen molar-refractivity contribution in [2.75, 3.05) is 20.2 Å².